The van der Waals surface area contributed by atoms with Crippen molar-refractivity contribution in [2.75, 3.05) is 0 Å². The quantitative estimate of drug-likeness (QED) is 0.755. The lowest BCUT2D eigenvalue weighted by Gasteiger charge is -2.39. The predicted molar refractivity (Wildman–Crippen MR) is 63.6 cm³/mol. The smallest absolute Gasteiger partial charge is 0.308 e. The highest BCUT2D eigenvalue weighted by atomic mass is 16.4. The number of likely N-dealkylation sites (tertiary alicyclic amines) is 1. The van der Waals surface area contributed by atoms with E-state index in [-0.39, 0.29) is 17.2 Å². The number of imide groups is 1. The van der Waals surface area contributed by atoms with Crippen LogP contribution in [0.5, 0.6) is 0 Å². The maximum atomic E-state index is 12.1. The van der Waals surface area contributed by atoms with Gasteiger partial charge in [0, 0.05) is 12.8 Å². The molecule has 5 nitrogen and oxygen atoms in total. The van der Waals surface area contributed by atoms with Crippen molar-refractivity contribution < 1.29 is 19.5 Å². The summed E-state index contributed by atoms with van der Waals surface area (Å²) in [6.45, 7) is 3.78. The molecule has 2 fully saturated rings. The van der Waals surface area contributed by atoms with Gasteiger partial charge in [-0.3, -0.25) is 19.3 Å². The van der Waals surface area contributed by atoms with Crippen LogP contribution in [0.4, 0.5) is 0 Å². The molecule has 1 saturated carbocycles. The Morgan fingerprint density at radius 2 is 1.78 bits per heavy atom. The van der Waals surface area contributed by atoms with Gasteiger partial charge in [0.1, 0.15) is 0 Å². The fourth-order valence-electron chi connectivity index (χ4n) is 3.10. The van der Waals surface area contributed by atoms with Gasteiger partial charge in [0.15, 0.2) is 0 Å². The maximum absolute atomic E-state index is 12.1. The summed E-state index contributed by atoms with van der Waals surface area (Å²) < 4.78 is 0. The minimum Gasteiger partial charge on any atom is -0.481 e. The Labute approximate surface area is 106 Å². The largest absolute Gasteiger partial charge is 0.481 e. The van der Waals surface area contributed by atoms with Crippen LogP contribution in [-0.2, 0) is 14.4 Å². The normalized spacial score (nSPS) is 31.8. The van der Waals surface area contributed by atoms with Crippen LogP contribution in [0.25, 0.3) is 0 Å². The van der Waals surface area contributed by atoms with Gasteiger partial charge in [0.25, 0.3) is 0 Å². The maximum Gasteiger partial charge on any atom is 0.308 e. The lowest BCUT2D eigenvalue weighted by atomic mass is 9.80. The highest BCUT2D eigenvalue weighted by Crippen LogP contribution is 2.37. The molecule has 2 unspecified atom stereocenters. The first-order valence-corrected chi connectivity index (χ1v) is 6.39. The van der Waals surface area contributed by atoms with Crippen molar-refractivity contribution in [2.24, 2.45) is 11.3 Å². The minimum atomic E-state index is -0.900. The predicted octanol–water partition coefficient (Wildman–Crippen LogP) is 1.41. The van der Waals surface area contributed by atoms with Gasteiger partial charge >= 0.3 is 5.97 Å². The van der Waals surface area contributed by atoms with Crippen molar-refractivity contribution in [1.82, 2.24) is 4.90 Å². The molecule has 0 aromatic carbocycles. The lowest BCUT2D eigenvalue weighted by molar-refractivity contribution is -0.158. The lowest BCUT2D eigenvalue weighted by Crippen LogP contribution is -2.53. The zero-order valence-corrected chi connectivity index (χ0v) is 10.8. The Kier molecular flexibility index (Phi) is 3.17. The Morgan fingerprint density at radius 1 is 1.22 bits per heavy atom. The molecule has 2 aliphatic rings. The van der Waals surface area contributed by atoms with Gasteiger partial charge < -0.3 is 5.11 Å². The topological polar surface area (TPSA) is 74.7 Å². The van der Waals surface area contributed by atoms with Crippen LogP contribution in [0.2, 0.25) is 0 Å². The number of carboxylic acid groups (broad SMARTS) is 1. The Bertz CT molecular complexity index is 382. The van der Waals surface area contributed by atoms with Crippen LogP contribution in [0, 0.1) is 11.3 Å². The summed E-state index contributed by atoms with van der Waals surface area (Å²) in [5.41, 5.74) is -0.304. The van der Waals surface area contributed by atoms with Crippen LogP contribution < -0.4 is 0 Å². The molecule has 2 amide bonds. The third kappa shape index (κ3) is 2.26. The number of rotatable bonds is 2. The summed E-state index contributed by atoms with van der Waals surface area (Å²) in [6, 6.07) is -0.432. The monoisotopic (exact) mass is 253 g/mol. The van der Waals surface area contributed by atoms with Gasteiger partial charge in [-0.25, -0.2) is 0 Å². The fraction of sp³-hybridized carbons (Fsp3) is 0.769. The molecular weight excluding hydrogens is 234 g/mol. The highest BCUT2D eigenvalue weighted by molar-refractivity contribution is 5.99. The highest BCUT2D eigenvalue weighted by Gasteiger charge is 2.46. The van der Waals surface area contributed by atoms with Crippen LogP contribution in [0.3, 0.4) is 0 Å². The van der Waals surface area contributed by atoms with E-state index in [1.54, 1.807) is 0 Å². The second-order valence-electron chi connectivity index (χ2n) is 6.12. The van der Waals surface area contributed by atoms with Gasteiger partial charge in [-0.05, 0) is 18.3 Å². The van der Waals surface area contributed by atoms with Crippen LogP contribution >= 0.6 is 0 Å². The van der Waals surface area contributed by atoms with E-state index in [4.69, 9.17) is 5.11 Å². The summed E-state index contributed by atoms with van der Waals surface area (Å²) in [4.78, 5) is 36.6. The molecule has 0 aromatic heterocycles. The number of aliphatic carboxylic acids is 1. The van der Waals surface area contributed by atoms with E-state index >= 15 is 0 Å². The summed E-state index contributed by atoms with van der Waals surface area (Å²) >= 11 is 0. The average molecular weight is 253 g/mol. The first-order chi connectivity index (χ1) is 8.32. The summed E-state index contributed by atoms with van der Waals surface area (Å²) in [6.07, 6.45) is 2.58. The SMILES string of the molecule is CC1(C)CC(=O)N(C2CCCC2C(=O)O)C(=O)C1. The molecule has 18 heavy (non-hydrogen) atoms. The number of piperidine rings is 1. The van der Waals surface area contributed by atoms with E-state index in [1.165, 1.54) is 4.90 Å². The van der Waals surface area contributed by atoms with Gasteiger partial charge in [0.05, 0.1) is 12.0 Å². The van der Waals surface area contributed by atoms with E-state index in [9.17, 15) is 14.4 Å². The van der Waals surface area contributed by atoms with Gasteiger partial charge in [-0.2, -0.15) is 0 Å². The Hall–Kier alpha value is -1.39. The molecule has 1 aliphatic carbocycles. The van der Waals surface area contributed by atoms with E-state index in [0.29, 0.717) is 25.7 Å². The molecule has 5 heteroatoms. The van der Waals surface area contributed by atoms with Gasteiger partial charge in [0.2, 0.25) is 11.8 Å². The molecule has 2 atom stereocenters. The molecule has 0 aromatic rings. The molecule has 0 bridgehead atoms. The van der Waals surface area contributed by atoms with E-state index in [2.05, 4.69) is 0 Å². The number of nitrogens with zero attached hydrogens (tertiary/aromatic N) is 1. The molecule has 1 saturated heterocycles. The molecular formula is C13H19NO4. The molecule has 100 valence electrons. The first-order valence-electron chi connectivity index (χ1n) is 6.39. The summed E-state index contributed by atoms with van der Waals surface area (Å²) in [5, 5.41) is 9.14. The van der Waals surface area contributed by atoms with Gasteiger partial charge in [-0.1, -0.05) is 20.3 Å². The first kappa shape index (κ1) is 13.1. The van der Waals surface area contributed by atoms with Gasteiger partial charge in [-0.15, -0.1) is 0 Å². The molecule has 0 radical (unpaired) electrons. The van der Waals surface area contributed by atoms with Crippen molar-refractivity contribution >= 4 is 17.8 Å². The molecule has 0 spiro atoms. The number of carboxylic acids is 1. The van der Waals surface area contributed by atoms with Crippen LogP contribution in [0.1, 0.15) is 46.0 Å². The van der Waals surface area contributed by atoms with Crippen LogP contribution in [0.15, 0.2) is 0 Å². The Morgan fingerprint density at radius 3 is 2.28 bits per heavy atom. The summed E-state index contributed by atoms with van der Waals surface area (Å²) in [7, 11) is 0. The van der Waals surface area contributed by atoms with E-state index in [1.807, 2.05) is 13.8 Å². The van der Waals surface area contributed by atoms with Crippen molar-refractivity contribution in [3.8, 4) is 0 Å². The zero-order valence-electron chi connectivity index (χ0n) is 10.8. The van der Waals surface area contributed by atoms with Crippen molar-refractivity contribution in [1.29, 1.82) is 0 Å². The van der Waals surface area contributed by atoms with Crippen molar-refractivity contribution in [3.63, 3.8) is 0 Å². The number of hydrogen-bond acceptors (Lipinski definition) is 3. The third-order valence-electron chi connectivity index (χ3n) is 3.93. The van der Waals surface area contributed by atoms with Crippen LogP contribution in [-0.4, -0.2) is 33.8 Å². The second-order valence-corrected chi connectivity index (χ2v) is 6.12. The average Bonchev–Trinajstić information content (AvgIpc) is 2.62. The van der Waals surface area contributed by atoms with E-state index < -0.39 is 17.9 Å². The zero-order chi connectivity index (χ0) is 13.5. The Balaban J connectivity index is 2.20. The van der Waals surface area contributed by atoms with Crippen molar-refractivity contribution in [2.45, 2.75) is 52.0 Å². The molecule has 1 heterocycles. The fourth-order valence-corrected chi connectivity index (χ4v) is 3.10. The standard InChI is InChI=1S/C13H19NO4/c1-13(2)6-10(15)14(11(16)7-13)9-5-3-4-8(9)12(17)18/h8-9H,3-7H2,1-2H3,(H,17,18). The number of carbonyl (C=O) groups excluding carboxylic acids is 2. The molecule has 2 rings (SSSR count). The molecule has 1 aliphatic heterocycles. The number of hydrogen-bond donors (Lipinski definition) is 1. The summed E-state index contributed by atoms with van der Waals surface area (Å²) in [5.74, 6) is -1.91. The molecule has 1 N–H and O–H groups in total. The second kappa shape index (κ2) is 4.37. The number of carbonyl (C=O) groups is 3. The third-order valence-corrected chi connectivity index (χ3v) is 3.93. The minimum absolute atomic E-state index is 0.214. The van der Waals surface area contributed by atoms with E-state index in [0.717, 1.165) is 6.42 Å². The van der Waals surface area contributed by atoms with Crippen molar-refractivity contribution in [3.05, 3.63) is 0 Å². The number of amides is 2.